The molecule has 2 aromatic heterocycles. The van der Waals surface area contributed by atoms with E-state index in [-0.39, 0.29) is 0 Å². The van der Waals surface area contributed by atoms with Crippen molar-refractivity contribution in [3.05, 3.63) is 72.6 Å². The van der Waals surface area contributed by atoms with E-state index in [0.717, 1.165) is 48.4 Å². The van der Waals surface area contributed by atoms with Crippen LogP contribution in [0.15, 0.2) is 67.0 Å². The molecule has 4 aromatic rings. The number of likely N-dealkylation sites (tertiary alicyclic amines) is 1. The van der Waals surface area contributed by atoms with Gasteiger partial charge in [0, 0.05) is 43.5 Å². The second-order valence-corrected chi connectivity index (χ2v) is 8.60. The predicted molar refractivity (Wildman–Crippen MR) is 125 cm³/mol. The molecule has 6 heteroatoms. The fourth-order valence-electron chi connectivity index (χ4n) is 4.46. The lowest BCUT2D eigenvalue weighted by molar-refractivity contribution is -0.117. The van der Waals surface area contributed by atoms with Crippen molar-refractivity contribution in [2.24, 2.45) is 5.92 Å². The van der Waals surface area contributed by atoms with Crippen LogP contribution in [0.1, 0.15) is 25.3 Å². The topological polar surface area (TPSA) is 71.1 Å². The highest BCUT2D eigenvalue weighted by molar-refractivity contribution is 5.84. The van der Waals surface area contributed by atoms with Gasteiger partial charge in [0.05, 0.1) is 5.69 Å². The molecule has 1 saturated heterocycles. The molecule has 1 atom stereocenters. The van der Waals surface area contributed by atoms with E-state index in [0.29, 0.717) is 24.0 Å². The normalized spacial score (nSPS) is 16.5. The average Bonchev–Trinajstić information content (AvgIpc) is 3.47. The van der Waals surface area contributed by atoms with Crippen LogP contribution < -0.4 is 4.74 Å². The van der Waals surface area contributed by atoms with Crippen molar-refractivity contribution >= 4 is 16.6 Å². The third kappa shape index (κ3) is 4.70. The zero-order valence-electron chi connectivity index (χ0n) is 18.1. The van der Waals surface area contributed by atoms with Gasteiger partial charge in [-0.3, -0.25) is 10.00 Å². The highest BCUT2D eigenvalue weighted by Gasteiger charge is 2.23. The van der Waals surface area contributed by atoms with Gasteiger partial charge in [-0.05, 0) is 72.5 Å². The van der Waals surface area contributed by atoms with Crippen molar-refractivity contribution in [3.63, 3.8) is 0 Å². The Labute approximate surface area is 187 Å². The predicted octanol–water partition coefficient (Wildman–Crippen LogP) is 5.22. The van der Waals surface area contributed by atoms with E-state index in [9.17, 15) is 4.79 Å². The number of ketones is 1. The van der Waals surface area contributed by atoms with Gasteiger partial charge in [-0.1, -0.05) is 18.2 Å². The highest BCUT2D eigenvalue weighted by Crippen LogP contribution is 2.28. The lowest BCUT2D eigenvalue weighted by atomic mass is 10.0. The largest absolute Gasteiger partial charge is 0.439 e. The summed E-state index contributed by atoms with van der Waals surface area (Å²) in [6.07, 6.45) is 5.31. The highest BCUT2D eigenvalue weighted by atomic mass is 16.5. The summed E-state index contributed by atoms with van der Waals surface area (Å²) in [4.78, 5) is 18.2. The monoisotopic (exact) mass is 426 g/mol. The number of pyridine rings is 1. The standard InChI is InChI=1S/C26H26N4O2/c1-18(31)12-20-9-11-30(17-20)16-19-2-3-22-14-24(6-4-21(22)13-19)32-26-7-5-23(15-27-26)25-8-10-28-29-25/h2-8,10,13-15,20H,9,11-12,16-17H2,1H3,(H,28,29)/t20-/m1/s1. The molecule has 2 aromatic carbocycles. The molecular weight excluding hydrogens is 400 g/mol. The second-order valence-electron chi connectivity index (χ2n) is 8.60. The number of hydrogen-bond donors (Lipinski definition) is 1. The molecule has 0 bridgehead atoms. The number of nitrogens with zero attached hydrogens (tertiary/aromatic N) is 3. The third-order valence-electron chi connectivity index (χ3n) is 6.00. The van der Waals surface area contributed by atoms with Crippen molar-refractivity contribution in [3.8, 4) is 22.9 Å². The summed E-state index contributed by atoms with van der Waals surface area (Å²) in [5, 5.41) is 9.23. The molecule has 0 saturated carbocycles. The number of rotatable bonds is 7. The van der Waals surface area contributed by atoms with Gasteiger partial charge in [0.15, 0.2) is 0 Å². The first-order valence-electron chi connectivity index (χ1n) is 11.0. The van der Waals surface area contributed by atoms with Gasteiger partial charge in [0.2, 0.25) is 5.88 Å². The van der Waals surface area contributed by atoms with E-state index in [2.05, 4.69) is 44.3 Å². The Hall–Kier alpha value is -3.51. The van der Waals surface area contributed by atoms with Crippen LogP contribution >= 0.6 is 0 Å². The number of ether oxygens (including phenoxy) is 1. The third-order valence-corrected chi connectivity index (χ3v) is 6.00. The van der Waals surface area contributed by atoms with Crippen LogP contribution in [-0.2, 0) is 11.3 Å². The maximum atomic E-state index is 11.4. The summed E-state index contributed by atoms with van der Waals surface area (Å²) in [7, 11) is 0. The molecular formula is C26H26N4O2. The van der Waals surface area contributed by atoms with Crippen LogP contribution in [0, 0.1) is 5.92 Å². The molecule has 0 amide bonds. The molecule has 1 aliphatic rings. The van der Waals surface area contributed by atoms with Crippen molar-refractivity contribution in [1.29, 1.82) is 0 Å². The zero-order chi connectivity index (χ0) is 21.9. The number of fused-ring (bicyclic) bond motifs is 1. The number of benzene rings is 2. The number of nitrogens with one attached hydrogen (secondary N) is 1. The molecule has 32 heavy (non-hydrogen) atoms. The first kappa shape index (κ1) is 20.4. The summed E-state index contributed by atoms with van der Waals surface area (Å²) >= 11 is 0. The lowest BCUT2D eigenvalue weighted by Gasteiger charge is -2.16. The molecule has 0 aliphatic carbocycles. The van der Waals surface area contributed by atoms with Gasteiger partial charge in [0.1, 0.15) is 11.5 Å². The van der Waals surface area contributed by atoms with Gasteiger partial charge in [-0.15, -0.1) is 0 Å². The van der Waals surface area contributed by atoms with Crippen molar-refractivity contribution in [1.82, 2.24) is 20.1 Å². The summed E-state index contributed by atoms with van der Waals surface area (Å²) in [6, 6.07) is 18.4. The van der Waals surface area contributed by atoms with E-state index in [4.69, 9.17) is 4.74 Å². The minimum absolute atomic E-state index is 0.296. The second kappa shape index (κ2) is 8.93. The number of hydrogen-bond acceptors (Lipinski definition) is 5. The SMILES string of the molecule is CC(=O)C[C@H]1CCN(Cc2ccc3cc(Oc4ccc(-c5ccn[nH]5)cn4)ccc3c2)C1. The van der Waals surface area contributed by atoms with Crippen molar-refractivity contribution < 1.29 is 9.53 Å². The molecule has 1 aliphatic heterocycles. The van der Waals surface area contributed by atoms with E-state index in [1.165, 1.54) is 10.9 Å². The van der Waals surface area contributed by atoms with E-state index < -0.39 is 0 Å². The fourth-order valence-corrected chi connectivity index (χ4v) is 4.46. The first-order valence-corrected chi connectivity index (χ1v) is 11.0. The van der Waals surface area contributed by atoms with Gasteiger partial charge in [-0.2, -0.15) is 5.10 Å². The summed E-state index contributed by atoms with van der Waals surface area (Å²) in [5.74, 6) is 2.12. The molecule has 6 nitrogen and oxygen atoms in total. The van der Waals surface area contributed by atoms with E-state index in [1.54, 1.807) is 19.3 Å². The smallest absolute Gasteiger partial charge is 0.219 e. The fraction of sp³-hybridized carbons (Fsp3) is 0.269. The van der Waals surface area contributed by atoms with Crippen molar-refractivity contribution in [2.45, 2.75) is 26.3 Å². The summed E-state index contributed by atoms with van der Waals surface area (Å²) in [6.45, 7) is 4.69. The molecule has 0 spiro atoms. The Morgan fingerprint density at radius 1 is 1.12 bits per heavy atom. The number of carbonyl (C=O) groups excluding carboxylic acids is 1. The van der Waals surface area contributed by atoms with Crippen molar-refractivity contribution in [2.75, 3.05) is 13.1 Å². The number of aromatic amines is 1. The molecule has 0 radical (unpaired) electrons. The molecule has 1 fully saturated rings. The minimum atomic E-state index is 0.296. The van der Waals surface area contributed by atoms with Crippen LogP contribution in [0.4, 0.5) is 0 Å². The first-order chi connectivity index (χ1) is 15.6. The number of carbonyl (C=O) groups is 1. The molecule has 0 unspecified atom stereocenters. The average molecular weight is 427 g/mol. The Kier molecular flexibility index (Phi) is 5.69. The number of aromatic nitrogens is 3. The van der Waals surface area contributed by atoms with Gasteiger partial charge < -0.3 is 9.53 Å². The number of H-pyrrole nitrogens is 1. The maximum Gasteiger partial charge on any atom is 0.219 e. The van der Waals surface area contributed by atoms with Gasteiger partial charge in [0.25, 0.3) is 0 Å². The Bertz CT molecular complexity index is 1220. The van der Waals surface area contributed by atoms with Crippen LogP contribution in [0.2, 0.25) is 0 Å². The summed E-state index contributed by atoms with van der Waals surface area (Å²) < 4.78 is 5.97. The molecule has 1 N–H and O–H groups in total. The van der Waals surface area contributed by atoms with Crippen LogP contribution in [-0.4, -0.2) is 39.0 Å². The van der Waals surface area contributed by atoms with E-state index in [1.807, 2.05) is 30.3 Å². The number of Topliss-reactive ketones (excluding diaryl/α,β-unsaturated/α-hetero) is 1. The zero-order valence-corrected chi connectivity index (χ0v) is 18.1. The Balaban J connectivity index is 1.24. The minimum Gasteiger partial charge on any atom is -0.439 e. The molecule has 5 rings (SSSR count). The van der Waals surface area contributed by atoms with E-state index >= 15 is 0 Å². The summed E-state index contributed by atoms with van der Waals surface area (Å²) in [5.41, 5.74) is 3.19. The Morgan fingerprint density at radius 2 is 2.00 bits per heavy atom. The lowest BCUT2D eigenvalue weighted by Crippen LogP contribution is -2.20. The van der Waals surface area contributed by atoms with Gasteiger partial charge >= 0.3 is 0 Å². The molecule has 162 valence electrons. The Morgan fingerprint density at radius 3 is 2.78 bits per heavy atom. The maximum absolute atomic E-state index is 11.4. The quantitative estimate of drug-likeness (QED) is 0.439. The van der Waals surface area contributed by atoms with Crippen LogP contribution in [0.5, 0.6) is 11.6 Å². The van der Waals surface area contributed by atoms with Crippen LogP contribution in [0.3, 0.4) is 0 Å². The van der Waals surface area contributed by atoms with Crippen LogP contribution in [0.25, 0.3) is 22.0 Å². The molecule has 3 heterocycles. The van der Waals surface area contributed by atoms with Gasteiger partial charge in [-0.25, -0.2) is 4.98 Å².